The number of anilines is 1. The van der Waals surface area contributed by atoms with Gasteiger partial charge in [-0.15, -0.1) is 0 Å². The Labute approximate surface area is 112 Å². The quantitative estimate of drug-likeness (QED) is 0.907. The lowest BCUT2D eigenvalue weighted by Crippen LogP contribution is -2.37. The summed E-state index contributed by atoms with van der Waals surface area (Å²) in [5, 5.41) is 9.56. The summed E-state index contributed by atoms with van der Waals surface area (Å²) in [6.45, 7) is 3.43. The topological polar surface area (TPSA) is 40.5 Å². The summed E-state index contributed by atoms with van der Waals surface area (Å²) in [6.07, 6.45) is -0.465. The van der Waals surface area contributed by atoms with Gasteiger partial charge in [0.05, 0.1) is 6.10 Å². The average Bonchev–Trinajstić information content (AvgIpc) is 2.29. The molecule has 0 saturated carbocycles. The van der Waals surface area contributed by atoms with Crippen molar-refractivity contribution >= 4 is 32.4 Å². The summed E-state index contributed by atoms with van der Waals surface area (Å²) < 4.78 is 12.2. The first-order chi connectivity index (χ1) is 8.08. The van der Waals surface area contributed by atoms with Gasteiger partial charge in [0.1, 0.15) is 0 Å². The molecule has 0 bridgehead atoms. The third-order valence-electron chi connectivity index (χ3n) is 2.98. The third-order valence-corrected chi connectivity index (χ3v) is 4.94. The van der Waals surface area contributed by atoms with Crippen LogP contribution in [0, 0.1) is 0 Å². The fourth-order valence-electron chi connectivity index (χ4n) is 1.95. The molecule has 0 spiro atoms. The van der Waals surface area contributed by atoms with Crippen LogP contribution in [0.4, 0.5) is 5.69 Å². The van der Waals surface area contributed by atoms with E-state index in [0.717, 1.165) is 40.3 Å². The molecule has 0 aromatic heterocycles. The zero-order valence-electron chi connectivity index (χ0n) is 9.73. The first-order valence-corrected chi connectivity index (χ1v) is 7.93. The van der Waals surface area contributed by atoms with Crippen molar-refractivity contribution in [3.63, 3.8) is 0 Å². The van der Waals surface area contributed by atoms with E-state index in [2.05, 4.69) is 20.8 Å². The molecule has 5 heteroatoms. The van der Waals surface area contributed by atoms with Gasteiger partial charge in [-0.3, -0.25) is 4.21 Å². The Morgan fingerprint density at radius 1 is 1.41 bits per heavy atom. The van der Waals surface area contributed by atoms with Crippen LogP contribution in [0.15, 0.2) is 22.7 Å². The summed E-state index contributed by atoms with van der Waals surface area (Å²) in [5.74, 6) is 1.49. The molecule has 1 aliphatic rings. The van der Waals surface area contributed by atoms with Crippen molar-refractivity contribution in [1.82, 2.24) is 0 Å². The third kappa shape index (κ3) is 3.09. The van der Waals surface area contributed by atoms with Crippen molar-refractivity contribution in [3.05, 3.63) is 28.2 Å². The van der Waals surface area contributed by atoms with Crippen molar-refractivity contribution in [3.8, 4) is 0 Å². The minimum atomic E-state index is -0.645. The SMILES string of the molecule is C[C@@H](O)c1ccc(N2CCS(=O)CC2)cc1Br. The predicted molar refractivity (Wildman–Crippen MR) is 74.9 cm³/mol. The molecule has 1 aliphatic heterocycles. The van der Waals surface area contributed by atoms with E-state index in [-0.39, 0.29) is 0 Å². The van der Waals surface area contributed by atoms with Gasteiger partial charge in [0.25, 0.3) is 0 Å². The Hall–Kier alpha value is -0.390. The fraction of sp³-hybridized carbons (Fsp3) is 0.500. The van der Waals surface area contributed by atoms with E-state index < -0.39 is 16.9 Å². The molecule has 2 rings (SSSR count). The number of rotatable bonds is 2. The van der Waals surface area contributed by atoms with E-state index in [1.807, 2.05) is 18.2 Å². The summed E-state index contributed by atoms with van der Waals surface area (Å²) in [6, 6.07) is 5.98. The van der Waals surface area contributed by atoms with E-state index in [4.69, 9.17) is 0 Å². The highest BCUT2D eigenvalue weighted by Gasteiger charge is 2.16. The molecule has 0 amide bonds. The Bertz CT molecular complexity index is 427. The van der Waals surface area contributed by atoms with E-state index in [0.29, 0.717) is 0 Å². The molecular formula is C12H16BrNO2S. The van der Waals surface area contributed by atoms with Gasteiger partial charge in [-0.05, 0) is 24.6 Å². The number of benzene rings is 1. The van der Waals surface area contributed by atoms with Crippen molar-refractivity contribution in [2.45, 2.75) is 13.0 Å². The van der Waals surface area contributed by atoms with Crippen molar-refractivity contribution in [1.29, 1.82) is 0 Å². The zero-order chi connectivity index (χ0) is 12.4. The Balaban J connectivity index is 2.17. The maximum Gasteiger partial charge on any atom is 0.0772 e. The van der Waals surface area contributed by atoms with Gasteiger partial charge >= 0.3 is 0 Å². The minimum absolute atomic E-state index is 0.465. The zero-order valence-corrected chi connectivity index (χ0v) is 12.1. The Morgan fingerprint density at radius 3 is 2.59 bits per heavy atom. The highest BCUT2D eigenvalue weighted by atomic mass is 79.9. The molecule has 1 saturated heterocycles. The van der Waals surface area contributed by atoms with Gasteiger partial charge in [-0.25, -0.2) is 0 Å². The van der Waals surface area contributed by atoms with E-state index in [9.17, 15) is 9.32 Å². The monoisotopic (exact) mass is 317 g/mol. The number of nitrogens with zero attached hydrogens (tertiary/aromatic N) is 1. The molecule has 17 heavy (non-hydrogen) atoms. The van der Waals surface area contributed by atoms with Crippen LogP contribution in [0.1, 0.15) is 18.6 Å². The lowest BCUT2D eigenvalue weighted by molar-refractivity contribution is 0.198. The average molecular weight is 318 g/mol. The number of hydrogen-bond acceptors (Lipinski definition) is 3. The summed E-state index contributed by atoms with van der Waals surface area (Å²) in [4.78, 5) is 2.23. The number of aliphatic hydroxyl groups excluding tert-OH is 1. The van der Waals surface area contributed by atoms with Crippen LogP contribution < -0.4 is 4.90 Å². The molecule has 1 aromatic rings. The number of hydrogen-bond donors (Lipinski definition) is 1. The molecule has 3 nitrogen and oxygen atoms in total. The molecule has 1 heterocycles. The fourth-order valence-corrected chi connectivity index (χ4v) is 3.70. The molecular weight excluding hydrogens is 302 g/mol. The second-order valence-corrected chi connectivity index (χ2v) is 6.77. The lowest BCUT2D eigenvalue weighted by atomic mass is 10.1. The maximum absolute atomic E-state index is 11.3. The van der Waals surface area contributed by atoms with Gasteiger partial charge < -0.3 is 10.0 Å². The maximum atomic E-state index is 11.3. The molecule has 0 aliphatic carbocycles. The van der Waals surface area contributed by atoms with Crippen LogP contribution in [-0.4, -0.2) is 33.9 Å². The molecule has 0 unspecified atom stereocenters. The Morgan fingerprint density at radius 2 is 2.06 bits per heavy atom. The lowest BCUT2D eigenvalue weighted by Gasteiger charge is -2.29. The summed E-state index contributed by atoms with van der Waals surface area (Å²) in [7, 11) is -0.645. The summed E-state index contributed by atoms with van der Waals surface area (Å²) >= 11 is 3.48. The van der Waals surface area contributed by atoms with Crippen LogP contribution in [-0.2, 0) is 10.8 Å². The van der Waals surface area contributed by atoms with Gasteiger partial charge in [-0.2, -0.15) is 0 Å². The normalized spacial score (nSPS) is 19.4. The van der Waals surface area contributed by atoms with Crippen LogP contribution >= 0.6 is 15.9 Å². The highest BCUT2D eigenvalue weighted by molar-refractivity contribution is 9.10. The van der Waals surface area contributed by atoms with Gasteiger partial charge in [0.15, 0.2) is 0 Å². The van der Waals surface area contributed by atoms with Crippen molar-refractivity contribution in [2.75, 3.05) is 29.5 Å². The first kappa shape index (κ1) is 13.1. The van der Waals surface area contributed by atoms with E-state index >= 15 is 0 Å². The van der Waals surface area contributed by atoms with Gasteiger partial charge in [0, 0.05) is 45.6 Å². The number of halogens is 1. The van der Waals surface area contributed by atoms with Gasteiger partial charge in [-0.1, -0.05) is 22.0 Å². The Kier molecular flexibility index (Phi) is 4.22. The molecule has 94 valence electrons. The minimum Gasteiger partial charge on any atom is -0.389 e. The molecule has 1 atom stereocenters. The molecule has 1 fully saturated rings. The first-order valence-electron chi connectivity index (χ1n) is 5.65. The highest BCUT2D eigenvalue weighted by Crippen LogP contribution is 2.28. The molecule has 1 N–H and O–H groups in total. The second-order valence-electron chi connectivity index (χ2n) is 4.22. The predicted octanol–water partition coefficient (Wildman–Crippen LogP) is 2.07. The van der Waals surface area contributed by atoms with E-state index in [1.165, 1.54) is 0 Å². The largest absolute Gasteiger partial charge is 0.389 e. The van der Waals surface area contributed by atoms with Crippen molar-refractivity contribution < 1.29 is 9.32 Å². The molecule has 1 aromatic carbocycles. The van der Waals surface area contributed by atoms with Crippen LogP contribution in [0.5, 0.6) is 0 Å². The van der Waals surface area contributed by atoms with Crippen molar-refractivity contribution in [2.24, 2.45) is 0 Å². The second kappa shape index (κ2) is 5.50. The standard InChI is InChI=1S/C12H16BrNO2S/c1-9(15)11-3-2-10(8-12(11)13)14-4-6-17(16)7-5-14/h2-3,8-9,15H,4-7H2,1H3/t9-/m1/s1. The molecule has 0 radical (unpaired) electrons. The van der Waals surface area contributed by atoms with Gasteiger partial charge in [0.2, 0.25) is 0 Å². The van der Waals surface area contributed by atoms with Crippen LogP contribution in [0.2, 0.25) is 0 Å². The smallest absolute Gasteiger partial charge is 0.0772 e. The van der Waals surface area contributed by atoms with Crippen LogP contribution in [0.3, 0.4) is 0 Å². The van der Waals surface area contributed by atoms with Crippen LogP contribution in [0.25, 0.3) is 0 Å². The number of aliphatic hydroxyl groups is 1. The van der Waals surface area contributed by atoms with E-state index in [1.54, 1.807) is 6.92 Å². The summed E-state index contributed by atoms with van der Waals surface area (Å²) in [5.41, 5.74) is 2.02.